The summed E-state index contributed by atoms with van der Waals surface area (Å²) in [5, 5.41) is 0. The van der Waals surface area contributed by atoms with Crippen LogP contribution in [0.3, 0.4) is 0 Å². The number of hydrogen-bond donors (Lipinski definition) is 1. The van der Waals surface area contributed by atoms with E-state index < -0.39 is 11.5 Å². The summed E-state index contributed by atoms with van der Waals surface area (Å²) in [6.07, 6.45) is 0.499. The molecular formula is C16H23F2N. The first-order chi connectivity index (χ1) is 8.62. The normalized spacial score (nSPS) is 22.2. The average Bonchev–Trinajstić information content (AvgIpc) is 2.33. The minimum atomic E-state index is -2.53. The van der Waals surface area contributed by atoms with Gasteiger partial charge in [-0.05, 0) is 29.4 Å². The van der Waals surface area contributed by atoms with Crippen molar-refractivity contribution in [3.05, 3.63) is 35.4 Å². The fourth-order valence-corrected chi connectivity index (χ4v) is 2.65. The first-order valence-corrected chi connectivity index (χ1v) is 6.90. The van der Waals surface area contributed by atoms with Gasteiger partial charge in [0, 0.05) is 18.4 Å². The van der Waals surface area contributed by atoms with Gasteiger partial charge < -0.3 is 5.73 Å². The van der Waals surface area contributed by atoms with Crippen molar-refractivity contribution in [1.82, 2.24) is 0 Å². The zero-order chi connectivity index (χ0) is 14.3. The monoisotopic (exact) mass is 267 g/mol. The van der Waals surface area contributed by atoms with Crippen molar-refractivity contribution in [2.75, 3.05) is 0 Å². The Hall–Kier alpha value is -0.960. The fourth-order valence-electron chi connectivity index (χ4n) is 2.65. The van der Waals surface area contributed by atoms with E-state index in [4.69, 9.17) is 5.73 Å². The molecule has 0 saturated heterocycles. The number of rotatable bonds is 1. The van der Waals surface area contributed by atoms with Crippen LogP contribution in [-0.2, 0) is 11.0 Å². The lowest BCUT2D eigenvalue weighted by Gasteiger charge is -2.37. The van der Waals surface area contributed by atoms with E-state index in [1.165, 1.54) is 5.56 Å². The molecule has 0 unspecified atom stereocenters. The molecule has 0 amide bonds. The molecule has 1 saturated carbocycles. The number of hydrogen-bond acceptors (Lipinski definition) is 1. The van der Waals surface area contributed by atoms with Crippen LogP contribution < -0.4 is 5.73 Å². The van der Waals surface area contributed by atoms with Crippen LogP contribution in [0.15, 0.2) is 24.3 Å². The highest BCUT2D eigenvalue weighted by atomic mass is 19.3. The molecule has 19 heavy (non-hydrogen) atoms. The molecule has 0 spiro atoms. The SMILES string of the molecule is CC(C)(C)c1ccc(C2(N)CCC(F)(F)CC2)cc1. The molecule has 0 aliphatic heterocycles. The van der Waals surface area contributed by atoms with Gasteiger partial charge in [-0.2, -0.15) is 0 Å². The predicted octanol–water partition coefficient (Wildman–Crippen LogP) is 4.35. The van der Waals surface area contributed by atoms with Crippen LogP contribution in [0.1, 0.15) is 57.6 Å². The van der Waals surface area contributed by atoms with Crippen LogP contribution in [0, 0.1) is 0 Å². The Morgan fingerprint density at radius 1 is 0.947 bits per heavy atom. The summed E-state index contributed by atoms with van der Waals surface area (Å²) in [5.74, 6) is -2.53. The maximum atomic E-state index is 13.2. The number of halogens is 2. The van der Waals surface area contributed by atoms with Gasteiger partial charge in [-0.3, -0.25) is 0 Å². The van der Waals surface area contributed by atoms with Gasteiger partial charge in [0.15, 0.2) is 0 Å². The van der Waals surface area contributed by atoms with Gasteiger partial charge in [0.25, 0.3) is 0 Å². The van der Waals surface area contributed by atoms with Crippen molar-refractivity contribution >= 4 is 0 Å². The lowest BCUT2D eigenvalue weighted by Crippen LogP contribution is -2.43. The molecule has 1 aliphatic carbocycles. The summed E-state index contributed by atoms with van der Waals surface area (Å²) in [5.41, 5.74) is 8.06. The molecule has 2 N–H and O–H groups in total. The highest BCUT2D eigenvalue weighted by Crippen LogP contribution is 2.42. The highest BCUT2D eigenvalue weighted by Gasteiger charge is 2.42. The topological polar surface area (TPSA) is 26.0 Å². The maximum absolute atomic E-state index is 13.2. The molecule has 1 fully saturated rings. The highest BCUT2D eigenvalue weighted by molar-refractivity contribution is 5.32. The molecule has 3 heteroatoms. The smallest absolute Gasteiger partial charge is 0.248 e. The second-order valence-corrected chi connectivity index (χ2v) is 6.84. The molecule has 1 aromatic rings. The van der Waals surface area contributed by atoms with Crippen LogP contribution in [0.5, 0.6) is 0 Å². The quantitative estimate of drug-likeness (QED) is 0.804. The zero-order valence-electron chi connectivity index (χ0n) is 12.0. The zero-order valence-corrected chi connectivity index (χ0v) is 12.0. The average molecular weight is 267 g/mol. The Morgan fingerprint density at radius 2 is 1.42 bits per heavy atom. The van der Waals surface area contributed by atoms with E-state index in [1.54, 1.807) is 0 Å². The Morgan fingerprint density at radius 3 is 1.84 bits per heavy atom. The molecule has 1 aromatic carbocycles. The summed E-state index contributed by atoms with van der Waals surface area (Å²) in [4.78, 5) is 0. The lowest BCUT2D eigenvalue weighted by molar-refractivity contribution is -0.0514. The van der Waals surface area contributed by atoms with E-state index >= 15 is 0 Å². The molecule has 0 radical (unpaired) electrons. The molecule has 1 nitrogen and oxygen atoms in total. The molecule has 1 aliphatic rings. The predicted molar refractivity (Wildman–Crippen MR) is 74.4 cm³/mol. The summed E-state index contributed by atoms with van der Waals surface area (Å²) >= 11 is 0. The summed E-state index contributed by atoms with van der Waals surface area (Å²) < 4.78 is 26.5. The van der Waals surface area contributed by atoms with Gasteiger partial charge in [-0.25, -0.2) is 8.78 Å². The van der Waals surface area contributed by atoms with Crippen molar-refractivity contribution in [3.8, 4) is 0 Å². The van der Waals surface area contributed by atoms with Crippen LogP contribution in [0.25, 0.3) is 0 Å². The van der Waals surface area contributed by atoms with E-state index in [0.29, 0.717) is 12.8 Å². The minimum Gasteiger partial charge on any atom is -0.321 e. The third-order valence-corrected chi connectivity index (χ3v) is 4.20. The Labute approximate surface area is 114 Å². The van der Waals surface area contributed by atoms with E-state index in [9.17, 15) is 8.78 Å². The van der Waals surface area contributed by atoms with E-state index in [2.05, 4.69) is 32.9 Å². The Bertz CT molecular complexity index is 433. The fraction of sp³-hybridized carbons (Fsp3) is 0.625. The molecule has 0 atom stereocenters. The molecule has 0 heterocycles. The van der Waals surface area contributed by atoms with Crippen molar-refractivity contribution in [2.45, 2.75) is 63.3 Å². The van der Waals surface area contributed by atoms with Crippen molar-refractivity contribution in [3.63, 3.8) is 0 Å². The van der Waals surface area contributed by atoms with E-state index in [0.717, 1.165) is 5.56 Å². The lowest BCUT2D eigenvalue weighted by atomic mass is 9.75. The summed E-state index contributed by atoms with van der Waals surface area (Å²) in [7, 11) is 0. The minimum absolute atomic E-state index is 0.0971. The van der Waals surface area contributed by atoms with Gasteiger partial charge in [-0.15, -0.1) is 0 Å². The number of benzene rings is 1. The molecule has 106 valence electrons. The van der Waals surface area contributed by atoms with Crippen molar-refractivity contribution in [1.29, 1.82) is 0 Å². The van der Waals surface area contributed by atoms with Gasteiger partial charge >= 0.3 is 0 Å². The third-order valence-electron chi connectivity index (χ3n) is 4.20. The maximum Gasteiger partial charge on any atom is 0.248 e. The number of nitrogens with two attached hydrogens (primary N) is 1. The van der Waals surface area contributed by atoms with Gasteiger partial charge in [-0.1, -0.05) is 45.0 Å². The van der Waals surface area contributed by atoms with Gasteiger partial charge in [0.2, 0.25) is 5.92 Å². The first-order valence-electron chi connectivity index (χ1n) is 6.90. The standard InChI is InChI=1S/C16H23F2N/c1-14(2,3)12-4-6-13(7-5-12)15(19)8-10-16(17,18)11-9-15/h4-7H,8-11,19H2,1-3H3. The van der Waals surface area contributed by atoms with Crippen LogP contribution in [0.2, 0.25) is 0 Å². The molecule has 0 bridgehead atoms. The van der Waals surface area contributed by atoms with E-state index in [-0.39, 0.29) is 18.3 Å². The Kier molecular flexibility index (Phi) is 3.46. The molecule has 2 rings (SSSR count). The van der Waals surface area contributed by atoms with Crippen LogP contribution in [-0.4, -0.2) is 5.92 Å². The van der Waals surface area contributed by atoms with Gasteiger partial charge in [0.1, 0.15) is 0 Å². The second kappa shape index (κ2) is 4.55. The van der Waals surface area contributed by atoms with Crippen LogP contribution in [0.4, 0.5) is 8.78 Å². The second-order valence-electron chi connectivity index (χ2n) is 6.84. The molecular weight excluding hydrogens is 244 g/mol. The van der Waals surface area contributed by atoms with Crippen molar-refractivity contribution < 1.29 is 8.78 Å². The summed E-state index contributed by atoms with van der Waals surface area (Å²) in [6.45, 7) is 6.46. The first kappa shape index (κ1) is 14.4. The molecule has 0 aromatic heterocycles. The van der Waals surface area contributed by atoms with Gasteiger partial charge in [0.05, 0.1) is 0 Å². The van der Waals surface area contributed by atoms with Crippen LogP contribution >= 0.6 is 0 Å². The van der Waals surface area contributed by atoms with Crippen molar-refractivity contribution in [2.24, 2.45) is 5.73 Å². The largest absolute Gasteiger partial charge is 0.321 e. The summed E-state index contributed by atoms with van der Waals surface area (Å²) in [6, 6.07) is 8.14. The third kappa shape index (κ3) is 3.14. The Balaban J connectivity index is 2.19. The van der Waals surface area contributed by atoms with E-state index in [1.807, 2.05) is 12.1 Å². The number of alkyl halides is 2.